The van der Waals surface area contributed by atoms with Crippen molar-refractivity contribution in [3.05, 3.63) is 0 Å². The first-order valence-electron chi connectivity index (χ1n) is 5.21. The van der Waals surface area contributed by atoms with Crippen LogP contribution in [-0.2, 0) is 4.43 Å². The first-order valence-corrected chi connectivity index (χ1v) is 8.12. The lowest BCUT2D eigenvalue weighted by Gasteiger charge is -2.36. The molecular formula is C11H23NOSi. The Kier molecular flexibility index (Phi) is 4.83. The predicted molar refractivity (Wildman–Crippen MR) is 62.5 cm³/mol. The Morgan fingerprint density at radius 1 is 1.36 bits per heavy atom. The molecule has 0 unspecified atom stereocenters. The van der Waals surface area contributed by atoms with E-state index in [1.54, 1.807) is 0 Å². The molecule has 0 rings (SSSR count). The van der Waals surface area contributed by atoms with Gasteiger partial charge in [-0.3, -0.25) is 0 Å². The lowest BCUT2D eigenvalue weighted by molar-refractivity contribution is 0.239. The minimum atomic E-state index is -1.61. The normalized spacial score (nSPS) is 14.9. The highest BCUT2D eigenvalue weighted by molar-refractivity contribution is 6.74. The Bertz CT molecular complexity index is 212. The molecule has 0 aliphatic rings. The molecule has 0 radical (unpaired) electrons. The van der Waals surface area contributed by atoms with Crippen molar-refractivity contribution in [2.45, 2.75) is 52.2 Å². The number of nitrogens with zero attached hydrogens (tertiary/aromatic N) is 1. The van der Waals surface area contributed by atoms with E-state index in [0.717, 1.165) is 6.61 Å². The zero-order valence-electron chi connectivity index (χ0n) is 10.3. The highest BCUT2D eigenvalue weighted by Crippen LogP contribution is 2.36. The molecule has 2 nitrogen and oxygen atoms in total. The van der Waals surface area contributed by atoms with Gasteiger partial charge in [0.2, 0.25) is 0 Å². The van der Waals surface area contributed by atoms with Gasteiger partial charge in [0, 0.05) is 13.0 Å². The summed E-state index contributed by atoms with van der Waals surface area (Å²) in [5.74, 6) is 0.356. The number of nitriles is 1. The van der Waals surface area contributed by atoms with E-state index >= 15 is 0 Å². The fourth-order valence-corrected chi connectivity index (χ4v) is 1.92. The molecule has 0 aromatic carbocycles. The summed E-state index contributed by atoms with van der Waals surface area (Å²) in [4.78, 5) is 0. The van der Waals surface area contributed by atoms with Gasteiger partial charge < -0.3 is 4.43 Å². The molecule has 0 saturated carbocycles. The van der Waals surface area contributed by atoms with Crippen LogP contribution in [0.2, 0.25) is 18.1 Å². The van der Waals surface area contributed by atoms with Gasteiger partial charge in [-0.15, -0.1) is 0 Å². The fraction of sp³-hybridized carbons (Fsp3) is 0.909. The van der Waals surface area contributed by atoms with Gasteiger partial charge in [-0.1, -0.05) is 27.7 Å². The van der Waals surface area contributed by atoms with Crippen molar-refractivity contribution in [3.8, 4) is 6.07 Å². The minimum Gasteiger partial charge on any atom is -0.417 e. The summed E-state index contributed by atoms with van der Waals surface area (Å²) in [6, 6.07) is 2.18. The Hall–Kier alpha value is -0.333. The molecule has 82 valence electrons. The molecule has 0 fully saturated rings. The summed E-state index contributed by atoms with van der Waals surface area (Å²) in [5.41, 5.74) is 0. The summed E-state index contributed by atoms with van der Waals surface area (Å²) in [7, 11) is -1.61. The van der Waals surface area contributed by atoms with Crippen LogP contribution in [0.1, 0.15) is 34.1 Å². The second kappa shape index (κ2) is 4.95. The van der Waals surface area contributed by atoms with Crippen molar-refractivity contribution in [1.29, 1.82) is 5.26 Å². The van der Waals surface area contributed by atoms with E-state index in [9.17, 15) is 0 Å². The third-order valence-electron chi connectivity index (χ3n) is 2.97. The number of hydrogen-bond acceptors (Lipinski definition) is 2. The van der Waals surface area contributed by atoms with Crippen molar-refractivity contribution in [1.82, 2.24) is 0 Å². The molecule has 0 aromatic heterocycles. The van der Waals surface area contributed by atoms with E-state index in [1.165, 1.54) is 0 Å². The van der Waals surface area contributed by atoms with Gasteiger partial charge >= 0.3 is 0 Å². The van der Waals surface area contributed by atoms with Gasteiger partial charge in [-0.2, -0.15) is 5.26 Å². The molecule has 0 aromatic rings. The van der Waals surface area contributed by atoms with Gasteiger partial charge in [-0.25, -0.2) is 0 Å². The lowest BCUT2D eigenvalue weighted by atomic mass is 10.1. The molecule has 0 amide bonds. The molecule has 0 saturated heterocycles. The highest BCUT2D eigenvalue weighted by atomic mass is 28.4. The Labute approximate surface area is 89.4 Å². The maximum atomic E-state index is 8.53. The van der Waals surface area contributed by atoms with Gasteiger partial charge in [0.15, 0.2) is 8.32 Å². The molecule has 1 atom stereocenters. The molecule has 0 heterocycles. The molecular weight excluding hydrogens is 190 g/mol. The zero-order chi connectivity index (χ0) is 11.4. The van der Waals surface area contributed by atoms with Gasteiger partial charge in [0.1, 0.15) is 0 Å². The van der Waals surface area contributed by atoms with Crippen LogP contribution in [-0.4, -0.2) is 14.9 Å². The van der Waals surface area contributed by atoms with E-state index in [2.05, 4.69) is 46.9 Å². The maximum Gasteiger partial charge on any atom is 0.191 e. The van der Waals surface area contributed by atoms with Crippen LogP contribution in [0.3, 0.4) is 0 Å². The van der Waals surface area contributed by atoms with Crippen molar-refractivity contribution in [2.75, 3.05) is 6.61 Å². The first-order chi connectivity index (χ1) is 6.20. The van der Waals surface area contributed by atoms with Crippen molar-refractivity contribution >= 4 is 8.32 Å². The van der Waals surface area contributed by atoms with Gasteiger partial charge in [0.25, 0.3) is 0 Å². The van der Waals surface area contributed by atoms with Crippen LogP contribution < -0.4 is 0 Å². The van der Waals surface area contributed by atoms with Crippen LogP contribution in [0.4, 0.5) is 0 Å². The Morgan fingerprint density at radius 3 is 2.21 bits per heavy atom. The largest absolute Gasteiger partial charge is 0.417 e. The van der Waals surface area contributed by atoms with E-state index in [1.807, 2.05) is 0 Å². The van der Waals surface area contributed by atoms with Crippen LogP contribution in [0.25, 0.3) is 0 Å². The average molecular weight is 213 g/mol. The quantitative estimate of drug-likeness (QED) is 0.669. The predicted octanol–water partition coefficient (Wildman–Crippen LogP) is 3.56. The summed E-state index contributed by atoms with van der Waals surface area (Å²) in [5, 5.41) is 8.80. The van der Waals surface area contributed by atoms with Gasteiger partial charge in [-0.05, 0) is 24.1 Å². The molecule has 0 bridgehead atoms. The van der Waals surface area contributed by atoms with Gasteiger partial charge in [0.05, 0.1) is 6.07 Å². The van der Waals surface area contributed by atoms with Crippen LogP contribution in [0.5, 0.6) is 0 Å². The molecule has 3 heteroatoms. The Morgan fingerprint density at radius 2 is 1.86 bits per heavy atom. The lowest BCUT2D eigenvalue weighted by Crippen LogP contribution is -2.41. The van der Waals surface area contributed by atoms with E-state index < -0.39 is 8.32 Å². The first kappa shape index (κ1) is 13.7. The second-order valence-electron chi connectivity index (χ2n) is 5.54. The van der Waals surface area contributed by atoms with Crippen LogP contribution >= 0.6 is 0 Å². The Balaban J connectivity index is 4.07. The smallest absolute Gasteiger partial charge is 0.191 e. The van der Waals surface area contributed by atoms with E-state index in [-0.39, 0.29) is 5.04 Å². The van der Waals surface area contributed by atoms with E-state index in [4.69, 9.17) is 9.69 Å². The summed E-state index contributed by atoms with van der Waals surface area (Å²) >= 11 is 0. The minimum absolute atomic E-state index is 0.263. The number of hydrogen-bond donors (Lipinski definition) is 0. The fourth-order valence-electron chi connectivity index (χ4n) is 0.782. The topological polar surface area (TPSA) is 33.0 Å². The second-order valence-corrected chi connectivity index (χ2v) is 10.3. The molecule has 0 aliphatic heterocycles. The molecule has 0 N–H and O–H groups in total. The van der Waals surface area contributed by atoms with Crippen molar-refractivity contribution < 1.29 is 4.43 Å². The van der Waals surface area contributed by atoms with Crippen molar-refractivity contribution in [3.63, 3.8) is 0 Å². The third-order valence-corrected chi connectivity index (χ3v) is 7.48. The monoisotopic (exact) mass is 213 g/mol. The zero-order valence-corrected chi connectivity index (χ0v) is 11.3. The van der Waals surface area contributed by atoms with E-state index in [0.29, 0.717) is 12.3 Å². The number of rotatable bonds is 4. The maximum absolute atomic E-state index is 8.53. The summed E-state index contributed by atoms with van der Waals surface area (Å²) in [6.07, 6.45) is 0.592. The summed E-state index contributed by atoms with van der Waals surface area (Å²) < 4.78 is 6.00. The standard InChI is InChI=1S/C11H23NOSi/c1-10(7-8-12)9-13-14(5,6)11(2,3)4/h10H,7,9H2,1-6H3/t10-/m0/s1. The summed E-state index contributed by atoms with van der Waals surface area (Å²) in [6.45, 7) is 14.0. The third kappa shape index (κ3) is 4.25. The average Bonchev–Trinajstić information content (AvgIpc) is 1.99. The highest BCUT2D eigenvalue weighted by Gasteiger charge is 2.37. The van der Waals surface area contributed by atoms with Crippen LogP contribution in [0.15, 0.2) is 0 Å². The SMILES string of the molecule is C[C@@H](CC#N)CO[Si](C)(C)C(C)(C)C. The molecule has 0 aliphatic carbocycles. The molecule has 14 heavy (non-hydrogen) atoms. The van der Waals surface area contributed by atoms with Crippen LogP contribution in [0, 0.1) is 17.2 Å². The van der Waals surface area contributed by atoms with Crippen molar-refractivity contribution in [2.24, 2.45) is 5.92 Å². The molecule has 0 spiro atoms.